The average Bonchev–Trinajstić information content (AvgIpc) is 3.01. The van der Waals surface area contributed by atoms with Gasteiger partial charge in [-0.3, -0.25) is 4.79 Å². The van der Waals surface area contributed by atoms with Crippen molar-refractivity contribution in [2.75, 3.05) is 7.05 Å². The third kappa shape index (κ3) is 4.58. The van der Waals surface area contributed by atoms with Crippen LogP contribution in [0.1, 0.15) is 40.2 Å². The van der Waals surface area contributed by atoms with Gasteiger partial charge in [-0.15, -0.1) is 0 Å². The molecule has 1 aromatic carbocycles. The number of rotatable bonds is 5. The number of alkyl halides is 3. The summed E-state index contributed by atoms with van der Waals surface area (Å²) in [6.07, 6.45) is -3.56. The Hall–Kier alpha value is -2.90. The molecule has 154 valence electrons. The Balaban J connectivity index is 1.65. The molecule has 0 aliphatic carbocycles. The second-order valence-electron chi connectivity index (χ2n) is 7.26. The zero-order chi connectivity index (χ0) is 21.3. The molecular formula is C21H23F3N4O. The van der Waals surface area contributed by atoms with Crippen LogP contribution in [-0.4, -0.2) is 32.5 Å². The molecule has 0 N–H and O–H groups in total. The average molecular weight is 404 g/mol. The summed E-state index contributed by atoms with van der Waals surface area (Å²) in [5.74, 6) is -0.0829. The van der Waals surface area contributed by atoms with E-state index in [9.17, 15) is 18.0 Å². The highest BCUT2D eigenvalue weighted by atomic mass is 19.4. The van der Waals surface area contributed by atoms with Crippen LogP contribution in [0.3, 0.4) is 0 Å². The number of hydrogen-bond donors (Lipinski definition) is 0. The van der Waals surface area contributed by atoms with E-state index in [0.29, 0.717) is 12.0 Å². The van der Waals surface area contributed by atoms with Gasteiger partial charge in [-0.1, -0.05) is 12.1 Å². The number of fused-ring (bicyclic) bond motifs is 1. The third-order valence-corrected chi connectivity index (χ3v) is 5.00. The zero-order valence-corrected chi connectivity index (χ0v) is 16.8. The molecule has 0 bridgehead atoms. The predicted octanol–water partition coefficient (Wildman–Crippen LogP) is 4.26. The van der Waals surface area contributed by atoms with Gasteiger partial charge in [0.15, 0.2) is 5.65 Å². The molecule has 0 spiro atoms. The highest BCUT2D eigenvalue weighted by Crippen LogP contribution is 2.29. The van der Waals surface area contributed by atoms with Crippen molar-refractivity contribution >= 4 is 11.6 Å². The fourth-order valence-electron chi connectivity index (χ4n) is 3.39. The Morgan fingerprint density at radius 3 is 2.41 bits per heavy atom. The van der Waals surface area contributed by atoms with Gasteiger partial charge in [-0.25, -0.2) is 9.50 Å². The van der Waals surface area contributed by atoms with Crippen molar-refractivity contribution in [3.8, 4) is 0 Å². The summed E-state index contributed by atoms with van der Waals surface area (Å²) in [4.78, 5) is 18.6. The Morgan fingerprint density at radius 1 is 1.14 bits per heavy atom. The van der Waals surface area contributed by atoms with Gasteiger partial charge in [-0.2, -0.15) is 18.3 Å². The lowest BCUT2D eigenvalue weighted by atomic mass is 10.1. The Labute approximate surface area is 167 Å². The summed E-state index contributed by atoms with van der Waals surface area (Å²) in [5, 5.41) is 4.44. The number of benzene rings is 1. The summed E-state index contributed by atoms with van der Waals surface area (Å²) in [5.41, 5.74) is 4.43. The minimum Gasteiger partial charge on any atom is -0.341 e. The molecule has 3 aromatic rings. The van der Waals surface area contributed by atoms with Gasteiger partial charge in [0.25, 0.3) is 0 Å². The Morgan fingerprint density at radius 2 is 1.79 bits per heavy atom. The molecule has 0 atom stereocenters. The first-order valence-electron chi connectivity index (χ1n) is 9.29. The number of carbonyl (C=O) groups excluding carboxylic acids is 1. The van der Waals surface area contributed by atoms with Crippen LogP contribution in [-0.2, 0) is 23.9 Å². The molecule has 29 heavy (non-hydrogen) atoms. The van der Waals surface area contributed by atoms with Crippen LogP contribution in [0.25, 0.3) is 5.65 Å². The number of aromatic nitrogens is 3. The molecule has 1 amide bonds. The fourth-order valence-corrected chi connectivity index (χ4v) is 3.39. The molecule has 0 fully saturated rings. The monoisotopic (exact) mass is 404 g/mol. The number of hydrogen-bond acceptors (Lipinski definition) is 3. The summed E-state index contributed by atoms with van der Waals surface area (Å²) < 4.78 is 39.8. The maximum Gasteiger partial charge on any atom is 0.416 e. The smallest absolute Gasteiger partial charge is 0.341 e. The number of aryl methyl sites for hydroxylation is 3. The summed E-state index contributed by atoms with van der Waals surface area (Å²) in [7, 11) is 1.65. The lowest BCUT2D eigenvalue weighted by Crippen LogP contribution is -2.26. The van der Waals surface area contributed by atoms with E-state index in [-0.39, 0.29) is 18.9 Å². The summed E-state index contributed by atoms with van der Waals surface area (Å²) in [6.45, 7) is 6.04. The first-order valence-corrected chi connectivity index (χ1v) is 9.29. The lowest BCUT2D eigenvalue weighted by Gasteiger charge is -2.18. The van der Waals surface area contributed by atoms with Gasteiger partial charge in [-0.05, 0) is 50.5 Å². The quantitative estimate of drug-likeness (QED) is 0.638. The minimum absolute atomic E-state index is 0.0829. The van der Waals surface area contributed by atoms with E-state index in [0.717, 1.165) is 40.4 Å². The van der Waals surface area contributed by atoms with E-state index in [1.54, 1.807) is 11.6 Å². The fraction of sp³-hybridized carbons (Fsp3) is 0.381. The molecule has 3 rings (SSSR count). The lowest BCUT2D eigenvalue weighted by molar-refractivity contribution is -0.137. The molecule has 0 aliphatic heterocycles. The van der Waals surface area contributed by atoms with E-state index in [2.05, 4.69) is 10.1 Å². The zero-order valence-electron chi connectivity index (χ0n) is 16.8. The summed E-state index contributed by atoms with van der Waals surface area (Å²) >= 11 is 0. The minimum atomic E-state index is -4.36. The second-order valence-corrected chi connectivity index (χ2v) is 7.26. The van der Waals surface area contributed by atoms with Crippen LogP contribution in [0.5, 0.6) is 0 Å². The van der Waals surface area contributed by atoms with E-state index >= 15 is 0 Å². The van der Waals surface area contributed by atoms with Crippen LogP contribution in [0, 0.1) is 20.8 Å². The molecule has 8 heteroatoms. The predicted molar refractivity (Wildman–Crippen MR) is 103 cm³/mol. The van der Waals surface area contributed by atoms with Crippen LogP contribution >= 0.6 is 0 Å². The maximum atomic E-state index is 12.7. The number of amides is 1. The van der Waals surface area contributed by atoms with Crippen molar-refractivity contribution in [3.63, 3.8) is 0 Å². The van der Waals surface area contributed by atoms with Crippen LogP contribution in [0.4, 0.5) is 13.2 Å². The largest absolute Gasteiger partial charge is 0.416 e. The van der Waals surface area contributed by atoms with Gasteiger partial charge >= 0.3 is 6.18 Å². The van der Waals surface area contributed by atoms with Gasteiger partial charge in [0.1, 0.15) is 0 Å². The van der Waals surface area contributed by atoms with Crippen LogP contribution in [0.15, 0.2) is 30.3 Å². The Kier molecular flexibility index (Phi) is 5.64. The standard InChI is InChI=1S/C21H23F3N4O/c1-13-11-19-25-14(2)18(15(3)28(19)26-13)9-10-20(29)27(4)12-16-5-7-17(8-6-16)21(22,23)24/h5-8,11H,9-10,12H2,1-4H3. The van der Waals surface area contributed by atoms with Crippen molar-refractivity contribution < 1.29 is 18.0 Å². The van der Waals surface area contributed by atoms with Gasteiger partial charge < -0.3 is 4.90 Å². The van der Waals surface area contributed by atoms with Gasteiger partial charge in [0.2, 0.25) is 5.91 Å². The number of halogens is 3. The topological polar surface area (TPSA) is 50.5 Å². The van der Waals surface area contributed by atoms with Crippen molar-refractivity contribution in [1.29, 1.82) is 0 Å². The molecule has 0 saturated carbocycles. The molecular weight excluding hydrogens is 381 g/mol. The van der Waals surface area contributed by atoms with Gasteiger partial charge in [0, 0.05) is 37.5 Å². The maximum absolute atomic E-state index is 12.7. The van der Waals surface area contributed by atoms with E-state index in [1.807, 2.05) is 26.8 Å². The molecule has 5 nitrogen and oxygen atoms in total. The Bertz CT molecular complexity index is 1040. The number of carbonyl (C=O) groups is 1. The second kappa shape index (κ2) is 7.85. The van der Waals surface area contributed by atoms with E-state index < -0.39 is 11.7 Å². The van der Waals surface area contributed by atoms with E-state index in [4.69, 9.17) is 0 Å². The SMILES string of the molecule is Cc1cc2nc(C)c(CCC(=O)N(C)Cc3ccc(C(F)(F)F)cc3)c(C)n2n1. The van der Waals surface area contributed by atoms with Crippen molar-refractivity contribution in [1.82, 2.24) is 19.5 Å². The molecule has 2 aromatic heterocycles. The molecule has 0 radical (unpaired) electrons. The molecule has 0 unspecified atom stereocenters. The molecule has 0 aliphatic rings. The third-order valence-electron chi connectivity index (χ3n) is 5.00. The highest BCUT2D eigenvalue weighted by molar-refractivity contribution is 5.76. The number of nitrogens with zero attached hydrogens (tertiary/aromatic N) is 4. The van der Waals surface area contributed by atoms with Crippen LogP contribution < -0.4 is 0 Å². The van der Waals surface area contributed by atoms with Crippen molar-refractivity contribution in [2.24, 2.45) is 0 Å². The highest BCUT2D eigenvalue weighted by Gasteiger charge is 2.30. The normalized spacial score (nSPS) is 11.8. The first kappa shape index (κ1) is 20.8. The molecule has 0 saturated heterocycles. The van der Waals surface area contributed by atoms with Gasteiger partial charge in [0.05, 0.1) is 11.3 Å². The first-order chi connectivity index (χ1) is 13.6. The molecule has 2 heterocycles. The summed E-state index contributed by atoms with van der Waals surface area (Å²) in [6, 6.07) is 6.78. The van der Waals surface area contributed by atoms with Crippen molar-refractivity contribution in [2.45, 2.75) is 46.3 Å². The van der Waals surface area contributed by atoms with Crippen molar-refractivity contribution in [3.05, 3.63) is 64.1 Å². The van der Waals surface area contributed by atoms with Crippen LogP contribution in [0.2, 0.25) is 0 Å². The van der Waals surface area contributed by atoms with E-state index in [1.165, 1.54) is 17.0 Å².